The van der Waals surface area contributed by atoms with Gasteiger partial charge in [0, 0.05) is 24.0 Å². The number of allylic oxidation sites excluding steroid dienone is 5. The van der Waals surface area contributed by atoms with Gasteiger partial charge in [-0.1, -0.05) is 51.0 Å². The fourth-order valence-electron chi connectivity index (χ4n) is 4.68. The van der Waals surface area contributed by atoms with Gasteiger partial charge in [0.2, 0.25) is 0 Å². The molecule has 1 saturated carbocycles. The molecule has 0 bridgehead atoms. The van der Waals surface area contributed by atoms with Crippen LogP contribution in [0, 0.1) is 17.3 Å². The second kappa shape index (κ2) is 10.7. The van der Waals surface area contributed by atoms with Crippen LogP contribution in [0.15, 0.2) is 47.6 Å². The zero-order valence-corrected chi connectivity index (χ0v) is 18.4. The van der Waals surface area contributed by atoms with Crippen molar-refractivity contribution in [1.29, 1.82) is 0 Å². The predicted molar refractivity (Wildman–Crippen MR) is 117 cm³/mol. The maximum Gasteiger partial charge on any atom is 0.331 e. The highest BCUT2D eigenvalue weighted by Crippen LogP contribution is 2.56. The zero-order valence-electron chi connectivity index (χ0n) is 18.4. The molecule has 2 aliphatic rings. The Morgan fingerprint density at radius 2 is 2.10 bits per heavy atom. The van der Waals surface area contributed by atoms with Gasteiger partial charge in [-0.25, -0.2) is 4.79 Å². The summed E-state index contributed by atoms with van der Waals surface area (Å²) in [5.74, 6) is -1.14. The third-order valence-electron chi connectivity index (χ3n) is 6.58. The predicted octanol–water partition coefficient (Wildman–Crippen LogP) is 4.27. The molecule has 0 heterocycles. The molecule has 0 aliphatic heterocycles. The lowest BCUT2D eigenvalue weighted by molar-refractivity contribution is -0.144. The number of hydrogen-bond donors (Lipinski definition) is 1. The average molecular weight is 415 g/mol. The first-order chi connectivity index (χ1) is 14.3. The van der Waals surface area contributed by atoms with Crippen LogP contribution < -0.4 is 0 Å². The van der Waals surface area contributed by atoms with Crippen LogP contribution in [0.5, 0.6) is 0 Å². The number of ether oxygens (including phenoxy) is 1. The molecule has 0 amide bonds. The molecule has 5 heteroatoms. The van der Waals surface area contributed by atoms with Crippen molar-refractivity contribution in [2.45, 2.75) is 65.4 Å². The van der Waals surface area contributed by atoms with Gasteiger partial charge in [0.15, 0.2) is 5.78 Å². The molecular formula is C25H34O5. The van der Waals surface area contributed by atoms with E-state index in [2.05, 4.69) is 19.6 Å². The molecule has 4 atom stereocenters. The van der Waals surface area contributed by atoms with E-state index in [1.807, 2.05) is 13.8 Å². The van der Waals surface area contributed by atoms with E-state index in [0.29, 0.717) is 24.7 Å². The van der Waals surface area contributed by atoms with Crippen LogP contribution in [0.1, 0.15) is 59.3 Å². The molecule has 0 aromatic rings. The van der Waals surface area contributed by atoms with Crippen LogP contribution >= 0.6 is 0 Å². The average Bonchev–Trinajstić information content (AvgIpc) is 2.98. The second-order valence-electron chi connectivity index (χ2n) is 8.62. The molecule has 30 heavy (non-hydrogen) atoms. The van der Waals surface area contributed by atoms with Gasteiger partial charge in [-0.05, 0) is 55.7 Å². The number of aliphatic hydroxyl groups is 1. The molecule has 0 saturated heterocycles. The first-order valence-corrected chi connectivity index (χ1v) is 10.8. The van der Waals surface area contributed by atoms with Crippen LogP contribution in [0.25, 0.3) is 0 Å². The van der Waals surface area contributed by atoms with Gasteiger partial charge in [0.25, 0.3) is 0 Å². The standard InChI is InChI=1S/C25H34O5/c1-5-6-7-8-17(2)9-12-24(29)30-23-11-10-19(16-27)25(4)20(13-18(3)15-26)22(28)14-21(23)25/h8-9,12,14-15,19-20,23,27H,3,5-7,10-11,13,16H2,1-2,4H3/b12-9+,17-8+/t19-,20-,23-,25+/m1/s1. The summed E-state index contributed by atoms with van der Waals surface area (Å²) in [6.45, 7) is 9.68. The smallest absolute Gasteiger partial charge is 0.331 e. The van der Waals surface area contributed by atoms with Gasteiger partial charge in [-0.3, -0.25) is 9.59 Å². The molecule has 164 valence electrons. The van der Waals surface area contributed by atoms with E-state index in [4.69, 9.17) is 4.74 Å². The van der Waals surface area contributed by atoms with Gasteiger partial charge in [0.1, 0.15) is 12.4 Å². The van der Waals surface area contributed by atoms with E-state index in [9.17, 15) is 19.5 Å². The van der Waals surface area contributed by atoms with Gasteiger partial charge in [0.05, 0.1) is 0 Å². The first-order valence-electron chi connectivity index (χ1n) is 10.8. The number of ketones is 1. The normalized spacial score (nSPS) is 28.9. The van der Waals surface area contributed by atoms with Crippen molar-refractivity contribution < 1.29 is 24.2 Å². The largest absolute Gasteiger partial charge is 0.455 e. The maximum absolute atomic E-state index is 12.8. The Morgan fingerprint density at radius 3 is 2.73 bits per heavy atom. The van der Waals surface area contributed by atoms with Gasteiger partial charge in [-0.15, -0.1) is 0 Å². The van der Waals surface area contributed by atoms with Crippen LogP contribution in [0.4, 0.5) is 0 Å². The molecule has 2 aliphatic carbocycles. The highest BCUT2D eigenvalue weighted by Gasteiger charge is 2.55. The van der Waals surface area contributed by atoms with Crippen molar-refractivity contribution in [3.63, 3.8) is 0 Å². The summed E-state index contributed by atoms with van der Waals surface area (Å²) < 4.78 is 5.72. The Balaban J connectivity index is 2.16. The van der Waals surface area contributed by atoms with Gasteiger partial charge in [-0.2, -0.15) is 0 Å². The Morgan fingerprint density at radius 1 is 1.37 bits per heavy atom. The topological polar surface area (TPSA) is 80.7 Å². The molecule has 2 rings (SSSR count). The van der Waals surface area contributed by atoms with Crippen LogP contribution in [0.3, 0.4) is 0 Å². The van der Waals surface area contributed by atoms with Crippen LogP contribution in [-0.4, -0.2) is 35.9 Å². The highest BCUT2D eigenvalue weighted by molar-refractivity contribution is 5.98. The summed E-state index contributed by atoms with van der Waals surface area (Å²) in [6.07, 6.45) is 11.7. The minimum atomic E-state index is -0.652. The Kier molecular flexibility index (Phi) is 8.54. The summed E-state index contributed by atoms with van der Waals surface area (Å²) in [4.78, 5) is 36.2. The lowest BCUT2D eigenvalue weighted by Crippen LogP contribution is -2.45. The number of aldehydes is 1. The van der Waals surface area contributed by atoms with Crippen molar-refractivity contribution in [3.05, 3.63) is 47.6 Å². The Labute approximate surface area is 179 Å². The number of rotatable bonds is 10. The number of unbranched alkanes of at least 4 members (excludes halogenated alkanes) is 2. The molecular weight excluding hydrogens is 380 g/mol. The molecule has 0 unspecified atom stereocenters. The number of hydrogen-bond acceptors (Lipinski definition) is 5. The number of aliphatic hydroxyl groups excluding tert-OH is 1. The summed E-state index contributed by atoms with van der Waals surface area (Å²) >= 11 is 0. The summed E-state index contributed by atoms with van der Waals surface area (Å²) in [5, 5.41) is 9.95. The minimum absolute atomic E-state index is 0.0620. The minimum Gasteiger partial charge on any atom is -0.455 e. The van der Waals surface area contributed by atoms with Gasteiger partial charge >= 0.3 is 5.97 Å². The third-order valence-corrected chi connectivity index (χ3v) is 6.58. The van der Waals surface area contributed by atoms with E-state index in [1.54, 1.807) is 12.2 Å². The van der Waals surface area contributed by atoms with E-state index in [0.717, 1.165) is 30.4 Å². The van der Waals surface area contributed by atoms with Crippen molar-refractivity contribution in [2.75, 3.05) is 6.61 Å². The third kappa shape index (κ3) is 5.25. The number of carbonyl (C=O) groups is 3. The first kappa shape index (κ1) is 24.0. The Bertz CT molecular complexity index is 772. The van der Waals surface area contributed by atoms with Crippen molar-refractivity contribution >= 4 is 18.0 Å². The molecule has 1 N–H and O–H groups in total. The van der Waals surface area contributed by atoms with Crippen molar-refractivity contribution in [2.24, 2.45) is 17.3 Å². The van der Waals surface area contributed by atoms with Crippen molar-refractivity contribution in [1.82, 2.24) is 0 Å². The molecule has 0 spiro atoms. The van der Waals surface area contributed by atoms with E-state index in [-0.39, 0.29) is 24.7 Å². The molecule has 0 radical (unpaired) electrons. The molecule has 1 fully saturated rings. The van der Waals surface area contributed by atoms with E-state index >= 15 is 0 Å². The lowest BCUT2D eigenvalue weighted by atomic mass is 9.59. The van der Waals surface area contributed by atoms with E-state index in [1.165, 1.54) is 6.08 Å². The zero-order chi connectivity index (χ0) is 22.3. The fraction of sp³-hybridized carbons (Fsp3) is 0.560. The summed E-state index contributed by atoms with van der Waals surface area (Å²) in [7, 11) is 0. The fourth-order valence-corrected chi connectivity index (χ4v) is 4.68. The number of esters is 1. The lowest BCUT2D eigenvalue weighted by Gasteiger charge is -2.46. The van der Waals surface area contributed by atoms with E-state index < -0.39 is 23.4 Å². The maximum atomic E-state index is 12.8. The number of carbonyl (C=O) groups excluding carboxylic acids is 3. The molecule has 5 nitrogen and oxygen atoms in total. The monoisotopic (exact) mass is 414 g/mol. The summed E-state index contributed by atoms with van der Waals surface area (Å²) in [5.41, 5.74) is 1.46. The van der Waals surface area contributed by atoms with Gasteiger partial charge < -0.3 is 9.84 Å². The highest BCUT2D eigenvalue weighted by atomic mass is 16.5. The molecule has 0 aromatic heterocycles. The summed E-state index contributed by atoms with van der Waals surface area (Å²) in [6, 6.07) is 0. The SMILES string of the molecule is C=C(C=O)C[C@@H]1C(=O)C=C2[C@H](OC(=O)/C=C/C(C)=C/CCCC)CC[C@H](CO)[C@]21C. The molecule has 0 aromatic carbocycles. The van der Waals surface area contributed by atoms with Crippen LogP contribution in [0.2, 0.25) is 0 Å². The van der Waals surface area contributed by atoms with Crippen molar-refractivity contribution in [3.8, 4) is 0 Å². The number of fused-ring (bicyclic) bond motifs is 1. The van der Waals surface area contributed by atoms with Crippen LogP contribution in [-0.2, 0) is 19.1 Å². The second-order valence-corrected chi connectivity index (χ2v) is 8.62. The quantitative estimate of drug-likeness (QED) is 0.190. The Hall–Kier alpha value is -2.27.